The number of methoxy groups -OCH3 is 1. The van der Waals surface area contributed by atoms with Gasteiger partial charge in [-0.15, -0.1) is 11.3 Å². The van der Waals surface area contributed by atoms with Crippen molar-refractivity contribution in [2.75, 3.05) is 26.0 Å². The number of amides is 1. The fraction of sp³-hybridized carbons (Fsp3) is 0.200. The summed E-state index contributed by atoms with van der Waals surface area (Å²) in [6.45, 7) is 1.03. The summed E-state index contributed by atoms with van der Waals surface area (Å²) in [6, 6.07) is 11.4. The van der Waals surface area contributed by atoms with Gasteiger partial charge in [-0.05, 0) is 30.0 Å². The Balaban J connectivity index is 1.81. The van der Waals surface area contributed by atoms with Crippen LogP contribution in [0.1, 0.15) is 21.7 Å². The van der Waals surface area contributed by atoms with Gasteiger partial charge < -0.3 is 15.8 Å². The van der Waals surface area contributed by atoms with Crippen LogP contribution in [-0.4, -0.2) is 47.0 Å². The Hall–Kier alpha value is -3.30. The number of carbonyl (C=O) groups excluding carboxylic acids is 1. The summed E-state index contributed by atoms with van der Waals surface area (Å²) in [5.41, 5.74) is 8.87. The maximum Gasteiger partial charge on any atom is 0.257 e. The predicted molar refractivity (Wildman–Crippen MR) is 116 cm³/mol. The lowest BCUT2D eigenvalue weighted by molar-refractivity contribution is 0.0951. The van der Waals surface area contributed by atoms with Gasteiger partial charge in [0, 0.05) is 25.1 Å². The maximum atomic E-state index is 12.9. The van der Waals surface area contributed by atoms with Crippen molar-refractivity contribution >= 4 is 51.5 Å². The fourth-order valence-corrected chi connectivity index (χ4v) is 3.55. The Bertz CT molecular complexity index is 1180. The molecule has 0 saturated carbocycles. The van der Waals surface area contributed by atoms with Crippen LogP contribution in [0.5, 0.6) is 0 Å². The van der Waals surface area contributed by atoms with E-state index in [4.69, 9.17) is 10.5 Å². The molecule has 0 fully saturated rings. The largest absolute Gasteiger partial charge is 0.385 e. The molecule has 3 heterocycles. The molecule has 1 aromatic carbocycles. The molecule has 148 valence electrons. The second kappa shape index (κ2) is 8.38. The second-order valence-corrected chi connectivity index (χ2v) is 7.30. The summed E-state index contributed by atoms with van der Waals surface area (Å²) in [5, 5.41) is 9.30. The number of nitrogen functional groups attached to an aromatic ring is 1. The van der Waals surface area contributed by atoms with Gasteiger partial charge in [-0.25, -0.2) is 9.97 Å². The van der Waals surface area contributed by atoms with Crippen molar-refractivity contribution in [1.82, 2.24) is 20.0 Å². The number of aromatic nitrogens is 3. The molecule has 4 aromatic rings. The zero-order valence-electron chi connectivity index (χ0n) is 15.8. The molecule has 0 atom stereocenters. The van der Waals surface area contributed by atoms with Crippen molar-refractivity contribution in [3.05, 3.63) is 52.2 Å². The van der Waals surface area contributed by atoms with Gasteiger partial charge in [0.25, 0.3) is 5.91 Å². The number of para-hydroxylation sites is 2. The van der Waals surface area contributed by atoms with Gasteiger partial charge >= 0.3 is 0 Å². The predicted octanol–water partition coefficient (Wildman–Crippen LogP) is 2.88. The van der Waals surface area contributed by atoms with Crippen molar-refractivity contribution in [3.8, 4) is 0 Å². The summed E-state index contributed by atoms with van der Waals surface area (Å²) < 4.78 is 6.49. The van der Waals surface area contributed by atoms with Gasteiger partial charge in [0.1, 0.15) is 16.9 Å². The molecule has 0 radical (unpaired) electrons. The fourth-order valence-electron chi connectivity index (χ4n) is 2.97. The van der Waals surface area contributed by atoms with E-state index in [2.05, 4.69) is 20.4 Å². The first-order valence-electron chi connectivity index (χ1n) is 9.10. The number of nitrogens with zero attached hydrogens (tertiary/aromatic N) is 4. The molecule has 0 bridgehead atoms. The normalized spacial score (nSPS) is 11.6. The first-order valence-corrected chi connectivity index (χ1v) is 9.98. The number of nitrogens with two attached hydrogens (primary N) is 1. The zero-order valence-corrected chi connectivity index (χ0v) is 16.6. The third-order valence-electron chi connectivity index (χ3n) is 4.36. The van der Waals surface area contributed by atoms with Crippen LogP contribution in [0.2, 0.25) is 0 Å². The topological polar surface area (TPSA) is 107 Å². The standard InChI is InChI=1S/C20H20N6O2S/c1-28-10-5-9-22-20(27)16-17-19(25-15-8-3-2-7-14(15)24-17)26(18(16)21)23-12-13-6-4-11-29-13/h2-4,6-8,11-12H,5,9-10,21H2,1H3,(H,22,27). The third kappa shape index (κ3) is 3.82. The average Bonchev–Trinajstić information content (AvgIpc) is 3.33. The quantitative estimate of drug-likeness (QED) is 0.361. The molecule has 1 amide bonds. The molecule has 0 saturated heterocycles. The number of anilines is 1. The Kier molecular flexibility index (Phi) is 5.50. The Morgan fingerprint density at radius 3 is 2.79 bits per heavy atom. The van der Waals surface area contributed by atoms with Gasteiger partial charge in [-0.3, -0.25) is 4.79 Å². The highest BCUT2D eigenvalue weighted by Gasteiger charge is 2.23. The molecule has 9 heteroatoms. The van der Waals surface area contributed by atoms with Crippen LogP contribution in [0.15, 0.2) is 46.9 Å². The van der Waals surface area contributed by atoms with E-state index in [0.717, 1.165) is 4.88 Å². The molecule has 0 aliphatic carbocycles. The van der Waals surface area contributed by atoms with Crippen LogP contribution in [0.25, 0.3) is 22.2 Å². The molecule has 29 heavy (non-hydrogen) atoms. The van der Waals surface area contributed by atoms with Crippen LogP contribution in [0, 0.1) is 0 Å². The van der Waals surface area contributed by atoms with E-state index >= 15 is 0 Å². The number of nitrogens with one attached hydrogen (secondary N) is 1. The lowest BCUT2D eigenvalue weighted by Crippen LogP contribution is -2.26. The Labute approximate surface area is 171 Å². The van der Waals surface area contributed by atoms with Crippen molar-refractivity contribution in [3.63, 3.8) is 0 Å². The molecule has 0 unspecified atom stereocenters. The minimum atomic E-state index is -0.307. The number of hydrogen-bond donors (Lipinski definition) is 2. The molecule has 3 N–H and O–H groups in total. The van der Waals surface area contributed by atoms with Crippen molar-refractivity contribution in [1.29, 1.82) is 0 Å². The third-order valence-corrected chi connectivity index (χ3v) is 5.16. The zero-order chi connectivity index (χ0) is 20.2. The Morgan fingerprint density at radius 2 is 2.07 bits per heavy atom. The number of rotatable bonds is 7. The van der Waals surface area contributed by atoms with Gasteiger partial charge in [0.15, 0.2) is 5.65 Å². The molecular weight excluding hydrogens is 388 g/mol. The molecule has 0 aliphatic heterocycles. The van der Waals surface area contributed by atoms with E-state index in [0.29, 0.717) is 41.8 Å². The highest BCUT2D eigenvalue weighted by Crippen LogP contribution is 2.27. The highest BCUT2D eigenvalue weighted by atomic mass is 32.1. The summed E-state index contributed by atoms with van der Waals surface area (Å²) in [6.07, 6.45) is 2.39. The second-order valence-electron chi connectivity index (χ2n) is 6.32. The lowest BCUT2D eigenvalue weighted by atomic mass is 10.2. The van der Waals surface area contributed by atoms with Crippen LogP contribution >= 0.6 is 11.3 Å². The molecule has 3 aromatic heterocycles. The number of benzene rings is 1. The minimum Gasteiger partial charge on any atom is -0.385 e. The summed E-state index contributed by atoms with van der Waals surface area (Å²) >= 11 is 1.55. The molecule has 0 spiro atoms. The van der Waals surface area contributed by atoms with Crippen LogP contribution in [-0.2, 0) is 4.74 Å². The summed E-state index contributed by atoms with van der Waals surface area (Å²) in [4.78, 5) is 23.1. The number of carbonyl (C=O) groups is 1. The highest BCUT2D eigenvalue weighted by molar-refractivity contribution is 7.11. The number of thiophene rings is 1. The molecule has 8 nitrogen and oxygen atoms in total. The first kappa shape index (κ1) is 19.0. The number of fused-ring (bicyclic) bond motifs is 2. The summed E-state index contributed by atoms with van der Waals surface area (Å²) in [7, 11) is 1.62. The van der Waals surface area contributed by atoms with Gasteiger partial charge in [0.05, 0.1) is 17.2 Å². The SMILES string of the molecule is COCCCNC(=O)c1c(N)n(N=Cc2cccs2)c2nc3ccccc3nc12. The van der Waals surface area contributed by atoms with E-state index in [9.17, 15) is 4.79 Å². The number of ether oxygens (including phenoxy) is 1. The van der Waals surface area contributed by atoms with Gasteiger partial charge in [-0.1, -0.05) is 18.2 Å². The molecule has 4 rings (SSSR count). The molecular formula is C20H20N6O2S. The van der Waals surface area contributed by atoms with Gasteiger partial charge in [0.2, 0.25) is 0 Å². The summed E-state index contributed by atoms with van der Waals surface area (Å²) in [5.74, 6) is -0.106. The van der Waals surface area contributed by atoms with E-state index in [1.165, 1.54) is 4.68 Å². The number of hydrogen-bond acceptors (Lipinski definition) is 7. The average molecular weight is 408 g/mol. The van der Waals surface area contributed by atoms with Crippen LogP contribution < -0.4 is 11.1 Å². The lowest BCUT2D eigenvalue weighted by Gasteiger charge is -2.05. The van der Waals surface area contributed by atoms with Crippen LogP contribution in [0.4, 0.5) is 5.82 Å². The molecule has 0 aliphatic rings. The van der Waals surface area contributed by atoms with Crippen molar-refractivity contribution < 1.29 is 9.53 Å². The van der Waals surface area contributed by atoms with Crippen molar-refractivity contribution in [2.24, 2.45) is 5.10 Å². The smallest absolute Gasteiger partial charge is 0.257 e. The maximum absolute atomic E-state index is 12.9. The van der Waals surface area contributed by atoms with E-state index in [1.54, 1.807) is 24.7 Å². The first-order chi connectivity index (χ1) is 14.2. The van der Waals surface area contributed by atoms with Crippen molar-refractivity contribution in [2.45, 2.75) is 6.42 Å². The van der Waals surface area contributed by atoms with E-state index in [1.807, 2.05) is 41.8 Å². The van der Waals surface area contributed by atoms with E-state index in [-0.39, 0.29) is 17.3 Å². The van der Waals surface area contributed by atoms with Gasteiger partial charge in [-0.2, -0.15) is 9.78 Å². The van der Waals surface area contributed by atoms with Crippen LogP contribution in [0.3, 0.4) is 0 Å². The monoisotopic (exact) mass is 408 g/mol. The minimum absolute atomic E-state index is 0.201. The van der Waals surface area contributed by atoms with E-state index < -0.39 is 0 Å². The Morgan fingerprint density at radius 1 is 1.28 bits per heavy atom.